The van der Waals surface area contributed by atoms with Crippen LogP contribution < -0.4 is 10.1 Å². The maximum Gasteiger partial charge on any atom is 0.334 e. The van der Waals surface area contributed by atoms with E-state index in [0.29, 0.717) is 16.3 Å². The van der Waals surface area contributed by atoms with Gasteiger partial charge in [0, 0.05) is 6.54 Å². The largest absolute Gasteiger partial charge is 0.495 e. The summed E-state index contributed by atoms with van der Waals surface area (Å²) in [5.74, 6) is -2.02. The molecule has 128 valence electrons. The first-order valence-electron chi connectivity index (χ1n) is 7.45. The Morgan fingerprint density at radius 3 is 2.38 bits per heavy atom. The van der Waals surface area contributed by atoms with Crippen molar-refractivity contribution < 1.29 is 23.9 Å². The van der Waals surface area contributed by atoms with E-state index in [0.717, 1.165) is 4.90 Å². The van der Waals surface area contributed by atoms with Gasteiger partial charge in [0.25, 0.3) is 0 Å². The predicted molar refractivity (Wildman–Crippen MR) is 85.3 cm³/mol. The van der Waals surface area contributed by atoms with Crippen LogP contribution in [0, 0.1) is 5.92 Å². The zero-order valence-electron chi connectivity index (χ0n) is 13.7. The molecule has 1 heterocycles. The van der Waals surface area contributed by atoms with Crippen molar-refractivity contribution in [2.24, 2.45) is 5.92 Å². The number of rotatable bonds is 6. The minimum atomic E-state index is -0.990. The quantitative estimate of drug-likeness (QED) is 0.621. The van der Waals surface area contributed by atoms with Gasteiger partial charge in [-0.25, -0.2) is 9.69 Å². The lowest BCUT2D eigenvalue weighted by atomic mass is 10.2. The van der Waals surface area contributed by atoms with Gasteiger partial charge < -0.3 is 10.1 Å². The maximum atomic E-state index is 12.2. The molecule has 2 rings (SSSR count). The first-order chi connectivity index (χ1) is 11.3. The second-order valence-corrected chi connectivity index (χ2v) is 5.73. The second-order valence-electron chi connectivity index (χ2n) is 5.73. The minimum Gasteiger partial charge on any atom is -0.495 e. The van der Waals surface area contributed by atoms with Crippen molar-refractivity contribution in [1.29, 1.82) is 0 Å². The molecule has 5 amide bonds. The third-order valence-corrected chi connectivity index (χ3v) is 3.37. The molecule has 1 aliphatic rings. The highest BCUT2D eigenvalue weighted by atomic mass is 16.5. The fourth-order valence-corrected chi connectivity index (χ4v) is 2.30. The standard InChI is InChI=1S/C16H19N3O5/c1-10(2)8-18-14(21)15(22)19(16(18)23)9-13(20)17-11-6-4-5-7-12(11)24-3/h4-7,10H,8-9H2,1-3H3,(H,17,20). The highest BCUT2D eigenvalue weighted by Gasteiger charge is 2.45. The van der Waals surface area contributed by atoms with E-state index in [1.54, 1.807) is 24.3 Å². The molecule has 0 spiro atoms. The highest BCUT2D eigenvalue weighted by Crippen LogP contribution is 2.23. The van der Waals surface area contributed by atoms with Gasteiger partial charge in [-0.05, 0) is 18.1 Å². The lowest BCUT2D eigenvalue weighted by molar-refractivity contribution is -0.143. The van der Waals surface area contributed by atoms with Crippen LogP contribution in [0.5, 0.6) is 5.75 Å². The number of anilines is 1. The van der Waals surface area contributed by atoms with Crippen LogP contribution in [0.25, 0.3) is 0 Å². The van der Waals surface area contributed by atoms with Gasteiger partial charge >= 0.3 is 17.8 Å². The van der Waals surface area contributed by atoms with Crippen LogP contribution in [0.2, 0.25) is 0 Å². The second kappa shape index (κ2) is 7.12. The third-order valence-electron chi connectivity index (χ3n) is 3.37. The molecule has 8 heteroatoms. The monoisotopic (exact) mass is 333 g/mol. The van der Waals surface area contributed by atoms with Crippen molar-refractivity contribution in [3.63, 3.8) is 0 Å². The van der Waals surface area contributed by atoms with Gasteiger partial charge in [-0.1, -0.05) is 26.0 Å². The molecule has 8 nitrogen and oxygen atoms in total. The first kappa shape index (κ1) is 17.5. The van der Waals surface area contributed by atoms with E-state index < -0.39 is 30.3 Å². The summed E-state index contributed by atoms with van der Waals surface area (Å²) in [5, 5.41) is 2.56. The molecule has 0 aromatic heterocycles. The lowest BCUT2D eigenvalue weighted by Crippen LogP contribution is -2.39. The summed E-state index contributed by atoms with van der Waals surface area (Å²) >= 11 is 0. The number of nitrogens with zero attached hydrogens (tertiary/aromatic N) is 2. The van der Waals surface area contributed by atoms with Crippen LogP contribution in [-0.4, -0.2) is 53.8 Å². The van der Waals surface area contributed by atoms with Crippen LogP contribution in [-0.2, 0) is 14.4 Å². The Balaban J connectivity index is 2.07. The summed E-state index contributed by atoms with van der Waals surface area (Å²) in [5.41, 5.74) is 0.412. The fourth-order valence-electron chi connectivity index (χ4n) is 2.30. The van der Waals surface area contributed by atoms with Gasteiger partial charge in [0.05, 0.1) is 12.8 Å². The molecular weight excluding hydrogens is 314 g/mol. The Labute approximate surface area is 139 Å². The number of hydrogen-bond acceptors (Lipinski definition) is 5. The van der Waals surface area contributed by atoms with Crippen LogP contribution in [0.1, 0.15) is 13.8 Å². The van der Waals surface area contributed by atoms with Crippen LogP contribution >= 0.6 is 0 Å². The zero-order chi connectivity index (χ0) is 17.9. The smallest absolute Gasteiger partial charge is 0.334 e. The van der Waals surface area contributed by atoms with Gasteiger partial charge in [-0.15, -0.1) is 0 Å². The SMILES string of the molecule is COc1ccccc1NC(=O)CN1C(=O)C(=O)N(CC(C)C)C1=O. The minimum absolute atomic E-state index is 0.0213. The topological polar surface area (TPSA) is 96.0 Å². The summed E-state index contributed by atoms with van der Waals surface area (Å²) in [6, 6.07) is 5.97. The lowest BCUT2D eigenvalue weighted by Gasteiger charge is -2.17. The fraction of sp³-hybridized carbons (Fsp3) is 0.375. The number of urea groups is 1. The van der Waals surface area contributed by atoms with Crippen LogP contribution in [0.4, 0.5) is 10.5 Å². The van der Waals surface area contributed by atoms with Crippen molar-refractivity contribution in [3.8, 4) is 5.75 Å². The Morgan fingerprint density at radius 2 is 1.75 bits per heavy atom. The number of ether oxygens (including phenoxy) is 1. The zero-order valence-corrected chi connectivity index (χ0v) is 13.7. The number of para-hydroxylation sites is 2. The van der Waals surface area contributed by atoms with Crippen LogP contribution in [0.3, 0.4) is 0 Å². The first-order valence-corrected chi connectivity index (χ1v) is 7.45. The number of carbonyl (C=O) groups excluding carboxylic acids is 4. The number of hydrogen-bond donors (Lipinski definition) is 1. The predicted octanol–water partition coefficient (Wildman–Crippen LogP) is 1.08. The van der Waals surface area contributed by atoms with E-state index in [4.69, 9.17) is 4.74 Å². The van der Waals surface area contributed by atoms with Crippen molar-refractivity contribution in [1.82, 2.24) is 9.80 Å². The Hall–Kier alpha value is -2.90. The summed E-state index contributed by atoms with van der Waals surface area (Å²) in [6.07, 6.45) is 0. The molecule has 0 bridgehead atoms. The molecule has 1 aliphatic heterocycles. The maximum absolute atomic E-state index is 12.2. The Morgan fingerprint density at radius 1 is 1.12 bits per heavy atom. The molecule has 1 fully saturated rings. The third kappa shape index (κ3) is 3.53. The number of nitrogens with one attached hydrogen (secondary N) is 1. The number of amides is 5. The van der Waals surface area contributed by atoms with E-state index in [2.05, 4.69) is 5.32 Å². The van der Waals surface area contributed by atoms with E-state index in [9.17, 15) is 19.2 Å². The summed E-state index contributed by atoms with van der Waals surface area (Å²) in [4.78, 5) is 49.6. The molecule has 1 aromatic rings. The van der Waals surface area contributed by atoms with Gasteiger partial charge in [-0.2, -0.15) is 0 Å². The number of imide groups is 2. The molecule has 0 radical (unpaired) electrons. The summed E-state index contributed by atoms with van der Waals surface area (Å²) in [7, 11) is 1.46. The molecular formula is C16H19N3O5. The Bertz CT molecular complexity index is 686. The van der Waals surface area contributed by atoms with Gasteiger partial charge in [0.2, 0.25) is 5.91 Å². The van der Waals surface area contributed by atoms with E-state index in [1.807, 2.05) is 13.8 Å². The van der Waals surface area contributed by atoms with Gasteiger partial charge in [0.1, 0.15) is 12.3 Å². The average molecular weight is 333 g/mol. The molecule has 1 aromatic carbocycles. The van der Waals surface area contributed by atoms with Crippen molar-refractivity contribution >= 4 is 29.4 Å². The van der Waals surface area contributed by atoms with Crippen molar-refractivity contribution in [2.75, 3.05) is 25.5 Å². The Kier molecular flexibility index (Phi) is 5.18. The highest BCUT2D eigenvalue weighted by molar-refractivity contribution is 6.45. The summed E-state index contributed by atoms with van der Waals surface area (Å²) < 4.78 is 5.11. The van der Waals surface area contributed by atoms with Crippen molar-refractivity contribution in [3.05, 3.63) is 24.3 Å². The van der Waals surface area contributed by atoms with Crippen molar-refractivity contribution in [2.45, 2.75) is 13.8 Å². The van der Waals surface area contributed by atoms with E-state index in [-0.39, 0.29) is 12.5 Å². The number of benzene rings is 1. The molecule has 0 atom stereocenters. The van der Waals surface area contributed by atoms with E-state index >= 15 is 0 Å². The molecule has 24 heavy (non-hydrogen) atoms. The van der Waals surface area contributed by atoms with Gasteiger partial charge in [0.15, 0.2) is 0 Å². The van der Waals surface area contributed by atoms with Crippen LogP contribution in [0.15, 0.2) is 24.3 Å². The average Bonchev–Trinajstić information content (AvgIpc) is 2.73. The molecule has 0 aliphatic carbocycles. The molecule has 0 unspecified atom stereocenters. The molecule has 0 saturated carbocycles. The summed E-state index contributed by atoms with van der Waals surface area (Å²) in [6.45, 7) is 3.24. The molecule has 1 N–H and O–H groups in total. The number of methoxy groups -OCH3 is 1. The normalized spacial score (nSPS) is 14.6. The van der Waals surface area contributed by atoms with Gasteiger partial charge in [-0.3, -0.25) is 19.3 Å². The number of carbonyl (C=O) groups is 4. The molecule has 1 saturated heterocycles. The van der Waals surface area contributed by atoms with E-state index in [1.165, 1.54) is 7.11 Å².